The van der Waals surface area contributed by atoms with Crippen molar-refractivity contribution in [2.24, 2.45) is 0 Å². The Morgan fingerprint density at radius 2 is 2.13 bits per heavy atom. The maximum absolute atomic E-state index is 12.1. The Morgan fingerprint density at radius 3 is 2.78 bits per heavy atom. The van der Waals surface area contributed by atoms with Gasteiger partial charge in [0.05, 0.1) is 11.2 Å². The van der Waals surface area contributed by atoms with E-state index in [1.807, 2.05) is 20.8 Å². The predicted octanol–water partition coefficient (Wildman–Crippen LogP) is 3.90. The van der Waals surface area contributed by atoms with Gasteiger partial charge in [0.25, 0.3) is 0 Å². The van der Waals surface area contributed by atoms with Crippen molar-refractivity contribution in [1.82, 2.24) is 15.1 Å². The van der Waals surface area contributed by atoms with Crippen LogP contribution in [0.5, 0.6) is 0 Å². The number of H-pyrrole nitrogens is 1. The van der Waals surface area contributed by atoms with Crippen molar-refractivity contribution < 1.29 is 9.53 Å². The number of benzene rings is 1. The minimum atomic E-state index is -0.461. The van der Waals surface area contributed by atoms with E-state index in [0.717, 1.165) is 23.0 Å². The number of ether oxygens (including phenoxy) is 1. The molecule has 1 N–H and O–H groups in total. The van der Waals surface area contributed by atoms with Gasteiger partial charge in [0, 0.05) is 18.5 Å². The summed E-state index contributed by atoms with van der Waals surface area (Å²) < 4.78 is 5.42. The summed E-state index contributed by atoms with van der Waals surface area (Å²) in [7, 11) is 0. The van der Waals surface area contributed by atoms with Crippen LogP contribution in [-0.2, 0) is 4.74 Å². The number of rotatable bonds is 1. The molecular weight excluding hydrogens is 290 g/mol. The van der Waals surface area contributed by atoms with Crippen molar-refractivity contribution in [1.29, 1.82) is 0 Å². The molecule has 1 aliphatic heterocycles. The zero-order valence-corrected chi connectivity index (χ0v) is 14.1. The van der Waals surface area contributed by atoms with Gasteiger partial charge in [0.1, 0.15) is 5.60 Å². The zero-order chi connectivity index (χ0) is 16.6. The summed E-state index contributed by atoms with van der Waals surface area (Å²) in [5.74, 6) is 0. The van der Waals surface area contributed by atoms with E-state index in [0.29, 0.717) is 13.1 Å². The van der Waals surface area contributed by atoms with E-state index in [1.165, 1.54) is 11.1 Å². The van der Waals surface area contributed by atoms with E-state index in [4.69, 9.17) is 4.74 Å². The number of carbonyl (C=O) groups excluding carboxylic acids is 1. The van der Waals surface area contributed by atoms with Crippen LogP contribution in [0, 0.1) is 6.92 Å². The maximum atomic E-state index is 12.1. The fraction of sp³-hybridized carbons (Fsp3) is 0.444. The number of nitrogens with zero attached hydrogens (tertiary/aromatic N) is 2. The minimum absolute atomic E-state index is 0.254. The van der Waals surface area contributed by atoms with Gasteiger partial charge in [-0.2, -0.15) is 5.10 Å². The van der Waals surface area contributed by atoms with Gasteiger partial charge in [0.2, 0.25) is 0 Å². The minimum Gasteiger partial charge on any atom is -0.444 e. The van der Waals surface area contributed by atoms with E-state index in [9.17, 15) is 4.79 Å². The summed E-state index contributed by atoms with van der Waals surface area (Å²) in [5.41, 5.74) is 3.97. The lowest BCUT2D eigenvalue weighted by atomic mass is 10.0. The summed E-state index contributed by atoms with van der Waals surface area (Å²) in [6, 6.07) is 6.30. The average Bonchev–Trinajstić information content (AvgIpc) is 2.88. The molecule has 5 heteroatoms. The van der Waals surface area contributed by atoms with E-state index >= 15 is 0 Å². The third kappa shape index (κ3) is 3.38. The number of hydrogen-bond donors (Lipinski definition) is 1. The lowest BCUT2D eigenvalue weighted by Crippen LogP contribution is -2.39. The molecule has 0 bridgehead atoms. The quantitative estimate of drug-likeness (QED) is 0.868. The molecule has 1 aliphatic rings. The maximum Gasteiger partial charge on any atom is 0.410 e. The first-order valence-corrected chi connectivity index (χ1v) is 7.95. The van der Waals surface area contributed by atoms with Gasteiger partial charge >= 0.3 is 6.09 Å². The molecule has 0 aliphatic carbocycles. The monoisotopic (exact) mass is 313 g/mol. The first-order valence-electron chi connectivity index (χ1n) is 7.95. The molecule has 1 aromatic heterocycles. The highest BCUT2D eigenvalue weighted by atomic mass is 16.6. The first-order chi connectivity index (χ1) is 10.8. The third-order valence-corrected chi connectivity index (χ3v) is 3.88. The van der Waals surface area contributed by atoms with Crippen molar-refractivity contribution in [2.45, 2.75) is 39.7 Å². The van der Waals surface area contributed by atoms with Crippen LogP contribution in [-0.4, -0.2) is 39.9 Å². The topological polar surface area (TPSA) is 58.2 Å². The molecule has 5 nitrogen and oxygen atoms in total. The largest absolute Gasteiger partial charge is 0.444 e. The van der Waals surface area contributed by atoms with Crippen LogP contribution in [0.15, 0.2) is 24.3 Å². The Hall–Kier alpha value is -2.30. The van der Waals surface area contributed by atoms with Crippen LogP contribution in [0.3, 0.4) is 0 Å². The van der Waals surface area contributed by atoms with Crippen molar-refractivity contribution in [2.75, 3.05) is 13.1 Å². The molecule has 0 radical (unpaired) electrons. The van der Waals surface area contributed by atoms with Gasteiger partial charge in [-0.15, -0.1) is 0 Å². The van der Waals surface area contributed by atoms with Crippen LogP contribution in [0.1, 0.15) is 38.4 Å². The molecule has 2 aromatic rings. The van der Waals surface area contributed by atoms with Crippen molar-refractivity contribution in [3.05, 3.63) is 35.5 Å². The number of carbonyl (C=O) groups is 1. The molecule has 2 heterocycles. The second kappa shape index (κ2) is 5.72. The number of aromatic amines is 1. The molecule has 0 spiro atoms. The van der Waals surface area contributed by atoms with Crippen LogP contribution < -0.4 is 0 Å². The Kier molecular flexibility index (Phi) is 3.88. The van der Waals surface area contributed by atoms with Crippen molar-refractivity contribution in [3.8, 4) is 0 Å². The number of aromatic nitrogens is 2. The Labute approximate surface area is 136 Å². The lowest BCUT2D eigenvalue weighted by molar-refractivity contribution is 0.0270. The van der Waals surface area contributed by atoms with Crippen LogP contribution in [0.4, 0.5) is 4.79 Å². The van der Waals surface area contributed by atoms with E-state index in [-0.39, 0.29) is 6.09 Å². The molecule has 0 saturated heterocycles. The normalized spacial score (nSPS) is 15.7. The molecule has 1 amide bonds. The Morgan fingerprint density at radius 1 is 1.35 bits per heavy atom. The van der Waals surface area contributed by atoms with Crippen LogP contribution in [0.2, 0.25) is 0 Å². The van der Waals surface area contributed by atoms with Gasteiger partial charge in [-0.1, -0.05) is 18.2 Å². The Bertz CT molecular complexity index is 768. The number of aryl methyl sites for hydroxylation is 1. The smallest absolute Gasteiger partial charge is 0.410 e. The number of amides is 1. The first kappa shape index (κ1) is 15.6. The highest BCUT2D eigenvalue weighted by Crippen LogP contribution is 2.28. The van der Waals surface area contributed by atoms with Gasteiger partial charge < -0.3 is 9.64 Å². The van der Waals surface area contributed by atoms with Gasteiger partial charge in [-0.05, 0) is 51.3 Å². The molecular formula is C18H23N3O2. The molecule has 3 rings (SSSR count). The number of nitrogens with one attached hydrogen (secondary N) is 1. The van der Waals surface area contributed by atoms with Crippen LogP contribution >= 0.6 is 0 Å². The molecule has 1 aromatic carbocycles. The molecule has 0 fully saturated rings. The van der Waals surface area contributed by atoms with E-state index in [2.05, 4.69) is 41.4 Å². The summed E-state index contributed by atoms with van der Waals surface area (Å²) in [6.07, 6.45) is 2.60. The molecule has 0 unspecified atom stereocenters. The third-order valence-electron chi connectivity index (χ3n) is 3.88. The summed E-state index contributed by atoms with van der Waals surface area (Å²) in [5, 5.41) is 8.69. The fourth-order valence-corrected chi connectivity index (χ4v) is 2.75. The second-order valence-electron chi connectivity index (χ2n) is 7.03. The van der Waals surface area contributed by atoms with E-state index < -0.39 is 5.60 Å². The van der Waals surface area contributed by atoms with Crippen LogP contribution in [0.25, 0.3) is 16.5 Å². The average molecular weight is 313 g/mol. The SMILES string of the molecule is Cc1ccc2c(C3=CCN(C(=O)OC(C)(C)C)CC3)n[nH]c2c1. The molecule has 122 valence electrons. The fourth-order valence-electron chi connectivity index (χ4n) is 2.75. The second-order valence-corrected chi connectivity index (χ2v) is 7.03. The number of hydrogen-bond acceptors (Lipinski definition) is 3. The van der Waals surface area contributed by atoms with Gasteiger partial charge in [0.15, 0.2) is 0 Å². The van der Waals surface area contributed by atoms with Crippen molar-refractivity contribution >= 4 is 22.6 Å². The van der Waals surface area contributed by atoms with Crippen molar-refractivity contribution in [3.63, 3.8) is 0 Å². The summed E-state index contributed by atoms with van der Waals surface area (Å²) >= 11 is 0. The highest BCUT2D eigenvalue weighted by Gasteiger charge is 2.24. The summed E-state index contributed by atoms with van der Waals surface area (Å²) in [4.78, 5) is 13.8. The van der Waals surface area contributed by atoms with E-state index in [1.54, 1.807) is 4.90 Å². The van der Waals surface area contributed by atoms with Gasteiger partial charge in [-0.3, -0.25) is 5.10 Å². The standard InChI is InChI=1S/C18H23N3O2/c1-12-5-6-14-15(11-12)19-20-16(14)13-7-9-21(10-8-13)17(22)23-18(2,3)4/h5-7,11H,8-10H2,1-4H3,(H,19,20). The van der Waals surface area contributed by atoms with Gasteiger partial charge in [-0.25, -0.2) is 4.79 Å². The molecule has 23 heavy (non-hydrogen) atoms. The Balaban J connectivity index is 1.77. The molecule has 0 saturated carbocycles. The highest BCUT2D eigenvalue weighted by molar-refractivity contribution is 5.91. The molecule has 0 atom stereocenters. The predicted molar refractivity (Wildman–Crippen MR) is 91.2 cm³/mol. The number of fused-ring (bicyclic) bond motifs is 1. The lowest BCUT2D eigenvalue weighted by Gasteiger charge is -2.29. The zero-order valence-electron chi connectivity index (χ0n) is 14.1. The summed E-state index contributed by atoms with van der Waals surface area (Å²) in [6.45, 7) is 8.93.